The van der Waals surface area contributed by atoms with Gasteiger partial charge in [-0.1, -0.05) is 6.07 Å². The number of benzene rings is 1. The summed E-state index contributed by atoms with van der Waals surface area (Å²) in [6.07, 6.45) is 3.15. The third kappa shape index (κ3) is 3.86. The number of amides is 1. The molecule has 9 heteroatoms. The number of fused-ring (bicyclic) bond motifs is 1. The first-order valence-electron chi connectivity index (χ1n) is 9.59. The fraction of sp³-hybridized carbons (Fsp3) is 0.286. The highest BCUT2D eigenvalue weighted by Gasteiger charge is 2.21. The molecule has 1 aliphatic rings. The number of nitrogens with two attached hydrogens (primary N) is 1. The van der Waals surface area contributed by atoms with Crippen molar-refractivity contribution >= 4 is 22.9 Å². The normalized spacial score (nSPS) is 14.3. The van der Waals surface area contributed by atoms with Crippen LogP contribution < -0.4 is 16.3 Å². The van der Waals surface area contributed by atoms with Crippen LogP contribution in [0.15, 0.2) is 53.4 Å². The Morgan fingerprint density at radius 2 is 2.10 bits per heavy atom. The molecule has 2 N–H and O–H groups in total. The molecule has 30 heavy (non-hydrogen) atoms. The lowest BCUT2D eigenvalue weighted by Gasteiger charge is -2.26. The van der Waals surface area contributed by atoms with Crippen molar-refractivity contribution in [2.24, 2.45) is 5.73 Å². The number of aromatic nitrogens is 3. The van der Waals surface area contributed by atoms with Gasteiger partial charge in [0.1, 0.15) is 6.33 Å². The molecule has 1 amide bonds. The van der Waals surface area contributed by atoms with Crippen molar-refractivity contribution in [1.29, 1.82) is 0 Å². The van der Waals surface area contributed by atoms with Gasteiger partial charge in [0.2, 0.25) is 5.91 Å². The lowest BCUT2D eigenvalue weighted by molar-refractivity contribution is -0.118. The average Bonchev–Trinajstić information content (AvgIpc) is 3.36. The highest BCUT2D eigenvalue weighted by Crippen LogP contribution is 2.34. The molecule has 0 bridgehead atoms. The summed E-state index contributed by atoms with van der Waals surface area (Å²) in [5.41, 5.74) is 8.67. The molecule has 0 radical (unpaired) electrons. The van der Waals surface area contributed by atoms with E-state index >= 15 is 0 Å². The zero-order valence-corrected chi connectivity index (χ0v) is 17.4. The second-order valence-corrected chi connectivity index (χ2v) is 8.40. The molecule has 0 spiro atoms. The van der Waals surface area contributed by atoms with E-state index in [1.165, 1.54) is 21.1 Å². The largest absolute Gasteiger partial charge is 0.346 e. The summed E-state index contributed by atoms with van der Waals surface area (Å²) in [5, 5.41) is 4.05. The summed E-state index contributed by atoms with van der Waals surface area (Å²) in [6.45, 7) is 0.471. The standard InChI is InChI=1S/C21H22FN5O2S/c1-25-18-5-2-16(8-15(18)3-7-20(25)28)19-6-4-17(30-19)12-26-13-24-27(21(26)29)11-14(9-22)10-23/h2,4-6,8-9,13H,3,7,10-12,23H2,1H3/b14-9+. The van der Waals surface area contributed by atoms with Crippen molar-refractivity contribution in [2.45, 2.75) is 25.9 Å². The summed E-state index contributed by atoms with van der Waals surface area (Å²) < 4.78 is 15.4. The van der Waals surface area contributed by atoms with Gasteiger partial charge in [-0.25, -0.2) is 13.9 Å². The Kier molecular flexibility index (Phi) is 5.65. The van der Waals surface area contributed by atoms with E-state index < -0.39 is 0 Å². The number of hydrogen-bond acceptors (Lipinski definition) is 5. The molecular weight excluding hydrogens is 405 g/mol. The van der Waals surface area contributed by atoms with Crippen LogP contribution in [0.1, 0.15) is 16.9 Å². The van der Waals surface area contributed by atoms with Crippen molar-refractivity contribution in [3.05, 3.63) is 69.5 Å². The van der Waals surface area contributed by atoms with Crippen LogP contribution in [0, 0.1) is 0 Å². The summed E-state index contributed by atoms with van der Waals surface area (Å²) in [6, 6.07) is 10.2. The van der Waals surface area contributed by atoms with Gasteiger partial charge in [-0.2, -0.15) is 5.10 Å². The first-order valence-corrected chi connectivity index (χ1v) is 10.4. The lowest BCUT2D eigenvalue weighted by Crippen LogP contribution is -2.30. The Bertz CT molecular complexity index is 1180. The van der Waals surface area contributed by atoms with Crippen LogP contribution in [0.5, 0.6) is 0 Å². The molecule has 0 saturated carbocycles. The lowest BCUT2D eigenvalue weighted by atomic mass is 9.99. The van der Waals surface area contributed by atoms with Gasteiger partial charge in [0, 0.05) is 35.5 Å². The molecule has 0 aliphatic carbocycles. The van der Waals surface area contributed by atoms with Crippen molar-refractivity contribution in [3.8, 4) is 10.4 Å². The van der Waals surface area contributed by atoms with Crippen LogP contribution in [-0.2, 0) is 24.3 Å². The number of halogens is 1. The van der Waals surface area contributed by atoms with Crippen LogP contribution in [0.4, 0.5) is 10.1 Å². The van der Waals surface area contributed by atoms with Crippen LogP contribution in [0.25, 0.3) is 10.4 Å². The Labute approximate surface area is 176 Å². The second kappa shape index (κ2) is 8.37. The van der Waals surface area contributed by atoms with Gasteiger partial charge in [0.05, 0.1) is 19.4 Å². The van der Waals surface area contributed by atoms with E-state index in [-0.39, 0.29) is 24.7 Å². The summed E-state index contributed by atoms with van der Waals surface area (Å²) >= 11 is 1.61. The Hall–Kier alpha value is -3.04. The van der Waals surface area contributed by atoms with Crippen molar-refractivity contribution in [1.82, 2.24) is 14.3 Å². The van der Waals surface area contributed by atoms with E-state index in [1.54, 1.807) is 23.3 Å². The number of anilines is 1. The topological polar surface area (TPSA) is 86.2 Å². The third-order valence-corrected chi connectivity index (χ3v) is 6.38. The molecule has 156 valence electrons. The predicted molar refractivity (Wildman–Crippen MR) is 115 cm³/mol. The molecule has 0 unspecified atom stereocenters. The summed E-state index contributed by atoms with van der Waals surface area (Å²) in [5.74, 6) is 0.139. The summed E-state index contributed by atoms with van der Waals surface area (Å²) in [7, 11) is 1.81. The monoisotopic (exact) mass is 427 g/mol. The van der Waals surface area contributed by atoms with E-state index in [0.29, 0.717) is 24.9 Å². The second-order valence-electron chi connectivity index (χ2n) is 7.23. The fourth-order valence-corrected chi connectivity index (χ4v) is 4.52. The zero-order valence-electron chi connectivity index (χ0n) is 16.5. The van der Waals surface area contributed by atoms with Crippen LogP contribution >= 0.6 is 11.3 Å². The molecule has 3 heterocycles. The van der Waals surface area contributed by atoms with Gasteiger partial charge in [-0.3, -0.25) is 9.36 Å². The van der Waals surface area contributed by atoms with Gasteiger partial charge < -0.3 is 10.6 Å². The maximum Gasteiger partial charge on any atom is 0.346 e. The van der Waals surface area contributed by atoms with Crippen LogP contribution in [0.3, 0.4) is 0 Å². The quantitative estimate of drug-likeness (QED) is 0.655. The highest BCUT2D eigenvalue weighted by atomic mass is 32.1. The maximum atomic E-state index is 12.7. The molecule has 4 rings (SSSR count). The van der Waals surface area contributed by atoms with Crippen molar-refractivity contribution in [2.75, 3.05) is 18.5 Å². The van der Waals surface area contributed by atoms with Crippen LogP contribution in [-0.4, -0.2) is 33.8 Å². The molecule has 7 nitrogen and oxygen atoms in total. The first-order chi connectivity index (χ1) is 14.5. The van der Waals surface area contributed by atoms with E-state index in [0.717, 1.165) is 27.4 Å². The minimum atomic E-state index is -0.306. The number of carbonyl (C=O) groups is 1. The Balaban J connectivity index is 1.53. The molecule has 2 aromatic heterocycles. The summed E-state index contributed by atoms with van der Waals surface area (Å²) in [4.78, 5) is 28.2. The van der Waals surface area contributed by atoms with Crippen molar-refractivity contribution < 1.29 is 9.18 Å². The van der Waals surface area contributed by atoms with Crippen LogP contribution in [0.2, 0.25) is 0 Å². The predicted octanol–water partition coefficient (Wildman–Crippen LogP) is 2.54. The molecule has 1 aromatic carbocycles. The number of carbonyl (C=O) groups excluding carboxylic acids is 1. The number of rotatable bonds is 6. The smallest absolute Gasteiger partial charge is 0.327 e. The van der Waals surface area contributed by atoms with E-state index in [9.17, 15) is 14.0 Å². The molecular formula is C21H22FN5O2S. The minimum absolute atomic E-state index is 0.0365. The average molecular weight is 428 g/mol. The number of thiophene rings is 1. The number of aryl methyl sites for hydroxylation is 1. The van der Waals surface area contributed by atoms with Gasteiger partial charge in [0.25, 0.3) is 0 Å². The zero-order chi connectivity index (χ0) is 21.3. The Morgan fingerprint density at radius 3 is 2.87 bits per heavy atom. The highest BCUT2D eigenvalue weighted by molar-refractivity contribution is 7.15. The minimum Gasteiger partial charge on any atom is -0.327 e. The van der Waals surface area contributed by atoms with Crippen molar-refractivity contribution in [3.63, 3.8) is 0 Å². The number of hydrogen-bond donors (Lipinski definition) is 1. The molecule has 3 aromatic rings. The molecule has 0 fully saturated rings. The fourth-order valence-electron chi connectivity index (χ4n) is 3.52. The molecule has 0 atom stereocenters. The van der Waals surface area contributed by atoms with E-state index in [1.807, 2.05) is 24.3 Å². The molecule has 0 saturated heterocycles. The molecule has 1 aliphatic heterocycles. The third-order valence-electron chi connectivity index (χ3n) is 5.26. The Morgan fingerprint density at radius 1 is 1.27 bits per heavy atom. The maximum absolute atomic E-state index is 12.7. The SMILES string of the molecule is CN1C(=O)CCc2cc(-c3ccc(Cn4cnn(C/C(=C/F)CN)c4=O)s3)ccc21. The van der Waals surface area contributed by atoms with Gasteiger partial charge in [0.15, 0.2) is 0 Å². The van der Waals surface area contributed by atoms with E-state index in [2.05, 4.69) is 11.2 Å². The van der Waals surface area contributed by atoms with Gasteiger partial charge >= 0.3 is 5.69 Å². The van der Waals surface area contributed by atoms with Gasteiger partial charge in [-0.05, 0) is 47.4 Å². The number of nitrogens with zero attached hydrogens (tertiary/aromatic N) is 4. The first kappa shape index (κ1) is 20.2. The van der Waals surface area contributed by atoms with Gasteiger partial charge in [-0.15, -0.1) is 11.3 Å². The van der Waals surface area contributed by atoms with E-state index in [4.69, 9.17) is 5.73 Å².